The summed E-state index contributed by atoms with van der Waals surface area (Å²) in [5.41, 5.74) is 4.40. The SMILES string of the molecule is CCCC(CC1CC(=O)c2c(C)ccc(C)c2C1)C(CC)C(=O)CC(C)=O.CCCCCC. The van der Waals surface area contributed by atoms with Crippen LogP contribution in [0.2, 0.25) is 0 Å². The van der Waals surface area contributed by atoms with E-state index < -0.39 is 0 Å². The molecule has 2 rings (SSSR count). The summed E-state index contributed by atoms with van der Waals surface area (Å²) >= 11 is 0. The van der Waals surface area contributed by atoms with Crippen LogP contribution in [-0.2, 0) is 16.0 Å². The number of aryl methyl sites for hydroxylation is 2. The molecule has 1 aromatic carbocycles. The van der Waals surface area contributed by atoms with Crippen LogP contribution < -0.4 is 0 Å². The van der Waals surface area contributed by atoms with Crippen LogP contribution in [0, 0.1) is 31.6 Å². The maximum atomic E-state index is 12.8. The zero-order valence-electron chi connectivity index (χ0n) is 22.4. The van der Waals surface area contributed by atoms with Crippen molar-refractivity contribution in [3.05, 3.63) is 34.4 Å². The van der Waals surface area contributed by atoms with E-state index in [1.807, 2.05) is 19.9 Å². The van der Waals surface area contributed by atoms with E-state index in [9.17, 15) is 14.4 Å². The third-order valence-corrected chi connectivity index (χ3v) is 7.10. The Morgan fingerprint density at radius 2 is 1.55 bits per heavy atom. The van der Waals surface area contributed by atoms with E-state index in [0.717, 1.165) is 43.2 Å². The number of carbonyl (C=O) groups is 3. The minimum absolute atomic E-state index is 0.0451. The van der Waals surface area contributed by atoms with Gasteiger partial charge in [0.2, 0.25) is 0 Å². The van der Waals surface area contributed by atoms with Crippen LogP contribution in [0.15, 0.2) is 12.1 Å². The first-order valence-electron chi connectivity index (χ1n) is 13.3. The Morgan fingerprint density at radius 3 is 2.06 bits per heavy atom. The standard InChI is InChI=1S/C24H34O3.C6H14/c1-6-8-19(20(7-2)22(26)11-17(5)25)12-18-13-21-15(3)9-10-16(4)24(21)23(27)14-18;1-3-5-6-4-2/h9-10,18-20H,6-8,11-14H2,1-5H3;3-6H2,1-2H3. The van der Waals surface area contributed by atoms with E-state index in [1.165, 1.54) is 43.7 Å². The molecule has 0 saturated carbocycles. The van der Waals surface area contributed by atoms with Crippen molar-refractivity contribution in [2.45, 2.75) is 119 Å². The van der Waals surface area contributed by atoms with Gasteiger partial charge in [-0.25, -0.2) is 0 Å². The lowest BCUT2D eigenvalue weighted by Gasteiger charge is -2.32. The Morgan fingerprint density at radius 1 is 0.939 bits per heavy atom. The van der Waals surface area contributed by atoms with Crippen LogP contribution in [0.25, 0.3) is 0 Å². The first-order valence-corrected chi connectivity index (χ1v) is 13.3. The van der Waals surface area contributed by atoms with Crippen molar-refractivity contribution in [2.24, 2.45) is 17.8 Å². The lowest BCUT2D eigenvalue weighted by Crippen LogP contribution is -2.30. The molecule has 0 N–H and O–H groups in total. The number of ketones is 3. The average Bonchev–Trinajstić information content (AvgIpc) is 2.75. The molecule has 0 amide bonds. The number of rotatable bonds is 12. The van der Waals surface area contributed by atoms with Crippen LogP contribution >= 0.6 is 0 Å². The molecule has 0 spiro atoms. The fourth-order valence-corrected chi connectivity index (χ4v) is 5.39. The molecule has 0 radical (unpaired) electrons. The van der Waals surface area contributed by atoms with E-state index in [0.29, 0.717) is 12.3 Å². The molecular formula is C30H48O3. The highest BCUT2D eigenvalue weighted by molar-refractivity contribution is 6.00. The van der Waals surface area contributed by atoms with Gasteiger partial charge in [0.1, 0.15) is 11.6 Å². The van der Waals surface area contributed by atoms with Gasteiger partial charge in [0.05, 0.1) is 6.42 Å². The molecule has 3 heteroatoms. The molecule has 3 unspecified atom stereocenters. The molecule has 0 bridgehead atoms. The topological polar surface area (TPSA) is 51.2 Å². The van der Waals surface area contributed by atoms with E-state index in [4.69, 9.17) is 0 Å². The number of hydrogen-bond acceptors (Lipinski definition) is 3. The summed E-state index contributed by atoms with van der Waals surface area (Å²) in [6.07, 6.45) is 10.7. The number of carbonyl (C=O) groups excluding carboxylic acids is 3. The highest BCUT2D eigenvalue weighted by Crippen LogP contribution is 2.37. The molecule has 0 aromatic heterocycles. The summed E-state index contributed by atoms with van der Waals surface area (Å²) in [7, 11) is 0. The quantitative estimate of drug-likeness (QED) is 0.236. The molecule has 1 aliphatic rings. The minimum Gasteiger partial charge on any atom is -0.300 e. The average molecular weight is 457 g/mol. The molecule has 0 fully saturated rings. The monoisotopic (exact) mass is 456 g/mol. The Hall–Kier alpha value is -1.77. The molecule has 1 aliphatic carbocycles. The Kier molecular flexibility index (Phi) is 13.5. The second-order valence-electron chi connectivity index (χ2n) is 10.1. The largest absolute Gasteiger partial charge is 0.300 e. The third kappa shape index (κ3) is 9.18. The summed E-state index contributed by atoms with van der Waals surface area (Å²) in [6.45, 7) is 14.2. The van der Waals surface area contributed by atoms with Gasteiger partial charge in [0.25, 0.3) is 0 Å². The van der Waals surface area contributed by atoms with Crippen molar-refractivity contribution < 1.29 is 14.4 Å². The van der Waals surface area contributed by atoms with Crippen LogP contribution in [0.4, 0.5) is 0 Å². The van der Waals surface area contributed by atoms with Gasteiger partial charge in [-0.15, -0.1) is 0 Å². The van der Waals surface area contributed by atoms with Gasteiger partial charge in [-0.05, 0) is 68.6 Å². The normalized spacial score (nSPS) is 16.9. The molecule has 0 aliphatic heterocycles. The van der Waals surface area contributed by atoms with Crippen molar-refractivity contribution in [3.8, 4) is 0 Å². The minimum atomic E-state index is -0.0658. The summed E-state index contributed by atoms with van der Waals surface area (Å²) in [5.74, 6) is 0.766. The predicted molar refractivity (Wildman–Crippen MR) is 139 cm³/mol. The number of Topliss-reactive ketones (excluding diaryl/α,β-unsaturated/α-hetero) is 3. The molecule has 3 nitrogen and oxygen atoms in total. The highest BCUT2D eigenvalue weighted by atomic mass is 16.1. The van der Waals surface area contributed by atoms with E-state index in [1.54, 1.807) is 0 Å². The molecule has 33 heavy (non-hydrogen) atoms. The van der Waals surface area contributed by atoms with Crippen LogP contribution in [-0.4, -0.2) is 17.3 Å². The Bertz CT molecular complexity index is 773. The fourth-order valence-electron chi connectivity index (χ4n) is 5.39. The number of benzene rings is 1. The molecular weight excluding hydrogens is 408 g/mol. The summed E-state index contributed by atoms with van der Waals surface area (Å²) in [4.78, 5) is 36.9. The van der Waals surface area contributed by atoms with Crippen LogP contribution in [0.1, 0.15) is 126 Å². The molecule has 3 atom stereocenters. The lowest BCUT2D eigenvalue weighted by molar-refractivity contribution is -0.129. The van der Waals surface area contributed by atoms with Gasteiger partial charge in [-0.2, -0.15) is 0 Å². The van der Waals surface area contributed by atoms with E-state index in [-0.39, 0.29) is 35.6 Å². The Labute approximate surface area is 203 Å². The fraction of sp³-hybridized carbons (Fsp3) is 0.700. The summed E-state index contributed by atoms with van der Waals surface area (Å²) in [5, 5.41) is 0. The van der Waals surface area contributed by atoms with Crippen molar-refractivity contribution in [3.63, 3.8) is 0 Å². The van der Waals surface area contributed by atoms with Gasteiger partial charge >= 0.3 is 0 Å². The highest BCUT2D eigenvalue weighted by Gasteiger charge is 2.33. The van der Waals surface area contributed by atoms with Crippen LogP contribution in [0.3, 0.4) is 0 Å². The van der Waals surface area contributed by atoms with Gasteiger partial charge in [0, 0.05) is 17.9 Å². The van der Waals surface area contributed by atoms with Crippen molar-refractivity contribution in [1.82, 2.24) is 0 Å². The molecule has 0 heterocycles. The number of fused-ring (bicyclic) bond motifs is 1. The maximum absolute atomic E-state index is 12.8. The second-order valence-corrected chi connectivity index (χ2v) is 10.1. The predicted octanol–water partition coefficient (Wildman–Crippen LogP) is 8.02. The third-order valence-electron chi connectivity index (χ3n) is 7.10. The van der Waals surface area contributed by atoms with Crippen molar-refractivity contribution in [1.29, 1.82) is 0 Å². The van der Waals surface area contributed by atoms with Crippen LogP contribution in [0.5, 0.6) is 0 Å². The van der Waals surface area contributed by atoms with Gasteiger partial charge < -0.3 is 0 Å². The number of hydrogen-bond donors (Lipinski definition) is 0. The van der Waals surface area contributed by atoms with Gasteiger partial charge in [-0.3, -0.25) is 14.4 Å². The number of unbranched alkanes of at least 4 members (excludes halogenated alkanes) is 3. The first kappa shape index (κ1) is 29.3. The lowest BCUT2D eigenvalue weighted by atomic mass is 9.71. The maximum Gasteiger partial charge on any atom is 0.163 e. The van der Waals surface area contributed by atoms with Gasteiger partial charge in [0.15, 0.2) is 5.78 Å². The first-order chi connectivity index (χ1) is 15.7. The van der Waals surface area contributed by atoms with E-state index >= 15 is 0 Å². The molecule has 1 aromatic rings. The molecule has 0 saturated heterocycles. The van der Waals surface area contributed by atoms with E-state index in [2.05, 4.69) is 33.8 Å². The van der Waals surface area contributed by atoms with Crippen molar-refractivity contribution >= 4 is 17.3 Å². The second kappa shape index (κ2) is 15.2. The summed E-state index contributed by atoms with van der Waals surface area (Å²) in [6, 6.07) is 4.15. The zero-order chi connectivity index (χ0) is 25.0. The molecule has 186 valence electrons. The van der Waals surface area contributed by atoms with Crippen molar-refractivity contribution in [2.75, 3.05) is 0 Å². The Balaban J connectivity index is 0.000000801. The summed E-state index contributed by atoms with van der Waals surface area (Å²) < 4.78 is 0. The zero-order valence-corrected chi connectivity index (χ0v) is 22.4. The van der Waals surface area contributed by atoms with Gasteiger partial charge in [-0.1, -0.05) is 78.4 Å². The smallest absolute Gasteiger partial charge is 0.163 e.